The van der Waals surface area contributed by atoms with Crippen LogP contribution in [0.15, 0.2) is 12.3 Å². The third kappa shape index (κ3) is 1.07. The standard InChI is InChI=1S/C9H11N3/c1-3-8-4-7-5-10-6(2)11-9(7)12-8/h4-5H,3H2,1-2H3,(H,10,11,12). The van der Waals surface area contributed by atoms with E-state index in [1.807, 2.05) is 13.1 Å². The van der Waals surface area contributed by atoms with Crippen molar-refractivity contribution < 1.29 is 0 Å². The molecule has 0 saturated carbocycles. The SMILES string of the molecule is CCc1cc2cnc(C)nc2[nH]1. The van der Waals surface area contributed by atoms with Gasteiger partial charge in [0.1, 0.15) is 11.5 Å². The molecule has 0 saturated heterocycles. The van der Waals surface area contributed by atoms with Crippen LogP contribution in [-0.4, -0.2) is 15.0 Å². The van der Waals surface area contributed by atoms with Crippen LogP contribution in [0.25, 0.3) is 11.0 Å². The molecule has 2 aromatic heterocycles. The fourth-order valence-electron chi connectivity index (χ4n) is 1.25. The van der Waals surface area contributed by atoms with E-state index in [9.17, 15) is 0 Å². The van der Waals surface area contributed by atoms with E-state index in [0.717, 1.165) is 23.3 Å². The zero-order valence-electron chi connectivity index (χ0n) is 7.26. The van der Waals surface area contributed by atoms with Gasteiger partial charge >= 0.3 is 0 Å². The summed E-state index contributed by atoms with van der Waals surface area (Å²) in [6.45, 7) is 4.01. The number of fused-ring (bicyclic) bond motifs is 1. The molecular weight excluding hydrogens is 150 g/mol. The summed E-state index contributed by atoms with van der Waals surface area (Å²) in [7, 11) is 0. The molecule has 3 heteroatoms. The molecule has 62 valence electrons. The van der Waals surface area contributed by atoms with Crippen molar-refractivity contribution >= 4 is 11.0 Å². The van der Waals surface area contributed by atoms with Crippen molar-refractivity contribution in [2.24, 2.45) is 0 Å². The van der Waals surface area contributed by atoms with E-state index >= 15 is 0 Å². The first-order valence-electron chi connectivity index (χ1n) is 4.11. The Bertz CT molecular complexity index is 403. The maximum absolute atomic E-state index is 4.28. The average molecular weight is 161 g/mol. The molecule has 0 radical (unpaired) electrons. The predicted octanol–water partition coefficient (Wildman–Crippen LogP) is 1.83. The lowest BCUT2D eigenvalue weighted by Gasteiger charge is -1.89. The minimum absolute atomic E-state index is 0.812. The fourth-order valence-corrected chi connectivity index (χ4v) is 1.25. The summed E-state index contributed by atoms with van der Waals surface area (Å²) in [6.07, 6.45) is 2.86. The number of nitrogens with zero attached hydrogens (tertiary/aromatic N) is 2. The fraction of sp³-hybridized carbons (Fsp3) is 0.333. The molecule has 0 aliphatic rings. The van der Waals surface area contributed by atoms with Gasteiger partial charge in [-0.05, 0) is 19.4 Å². The van der Waals surface area contributed by atoms with Crippen LogP contribution in [0, 0.1) is 6.92 Å². The summed E-state index contributed by atoms with van der Waals surface area (Å²) in [4.78, 5) is 11.6. The zero-order valence-corrected chi connectivity index (χ0v) is 7.26. The Morgan fingerprint density at radius 1 is 1.50 bits per heavy atom. The zero-order chi connectivity index (χ0) is 8.55. The van der Waals surface area contributed by atoms with Crippen LogP contribution in [0.3, 0.4) is 0 Å². The Balaban J connectivity index is 2.67. The second-order valence-electron chi connectivity index (χ2n) is 2.87. The number of aromatic amines is 1. The summed E-state index contributed by atoms with van der Waals surface area (Å²) in [5.74, 6) is 0.812. The molecule has 2 heterocycles. The van der Waals surface area contributed by atoms with E-state index in [1.165, 1.54) is 5.69 Å². The van der Waals surface area contributed by atoms with E-state index in [1.54, 1.807) is 0 Å². The van der Waals surface area contributed by atoms with Gasteiger partial charge in [-0.25, -0.2) is 9.97 Å². The van der Waals surface area contributed by atoms with Gasteiger partial charge in [-0.1, -0.05) is 6.92 Å². The summed E-state index contributed by atoms with van der Waals surface area (Å²) in [5, 5.41) is 1.09. The van der Waals surface area contributed by atoms with Gasteiger partial charge in [0.2, 0.25) is 0 Å². The van der Waals surface area contributed by atoms with Gasteiger partial charge in [0.15, 0.2) is 0 Å². The third-order valence-electron chi connectivity index (χ3n) is 1.93. The lowest BCUT2D eigenvalue weighted by atomic mass is 10.3. The average Bonchev–Trinajstić information content (AvgIpc) is 2.46. The van der Waals surface area contributed by atoms with Crippen LogP contribution in [-0.2, 0) is 6.42 Å². The topological polar surface area (TPSA) is 41.6 Å². The first-order chi connectivity index (χ1) is 5.79. The maximum atomic E-state index is 4.28. The minimum Gasteiger partial charge on any atom is -0.343 e. The highest BCUT2D eigenvalue weighted by molar-refractivity contribution is 5.75. The Morgan fingerprint density at radius 3 is 3.08 bits per heavy atom. The molecule has 2 rings (SSSR count). The smallest absolute Gasteiger partial charge is 0.141 e. The van der Waals surface area contributed by atoms with Crippen LogP contribution in [0.2, 0.25) is 0 Å². The number of nitrogens with one attached hydrogen (secondary N) is 1. The maximum Gasteiger partial charge on any atom is 0.141 e. The Hall–Kier alpha value is -1.38. The van der Waals surface area contributed by atoms with Crippen molar-refractivity contribution in [3.05, 3.63) is 23.8 Å². The lowest BCUT2D eigenvalue weighted by Crippen LogP contribution is -1.85. The molecule has 0 amide bonds. The molecule has 1 N–H and O–H groups in total. The van der Waals surface area contributed by atoms with E-state index in [2.05, 4.69) is 27.9 Å². The van der Waals surface area contributed by atoms with Gasteiger partial charge in [-0.3, -0.25) is 0 Å². The van der Waals surface area contributed by atoms with Crippen LogP contribution in [0.4, 0.5) is 0 Å². The molecular formula is C9H11N3. The summed E-state index contributed by atoms with van der Waals surface area (Å²) >= 11 is 0. The van der Waals surface area contributed by atoms with Crippen molar-refractivity contribution in [2.45, 2.75) is 20.3 Å². The molecule has 0 aliphatic heterocycles. The molecule has 3 nitrogen and oxygen atoms in total. The number of H-pyrrole nitrogens is 1. The first kappa shape index (κ1) is 7.28. The molecule has 0 fully saturated rings. The second kappa shape index (κ2) is 2.59. The Labute approximate surface area is 70.9 Å². The predicted molar refractivity (Wildman–Crippen MR) is 48.0 cm³/mol. The van der Waals surface area contributed by atoms with Crippen LogP contribution in [0.5, 0.6) is 0 Å². The van der Waals surface area contributed by atoms with Crippen molar-refractivity contribution in [2.75, 3.05) is 0 Å². The van der Waals surface area contributed by atoms with Gasteiger partial charge < -0.3 is 4.98 Å². The highest BCUT2D eigenvalue weighted by atomic mass is 14.9. The highest BCUT2D eigenvalue weighted by Gasteiger charge is 1.99. The largest absolute Gasteiger partial charge is 0.343 e. The minimum atomic E-state index is 0.812. The van der Waals surface area contributed by atoms with Crippen LogP contribution < -0.4 is 0 Å². The van der Waals surface area contributed by atoms with E-state index in [4.69, 9.17) is 0 Å². The van der Waals surface area contributed by atoms with E-state index in [-0.39, 0.29) is 0 Å². The van der Waals surface area contributed by atoms with E-state index in [0.29, 0.717) is 0 Å². The quantitative estimate of drug-likeness (QED) is 0.693. The highest BCUT2D eigenvalue weighted by Crippen LogP contribution is 2.11. The van der Waals surface area contributed by atoms with Crippen molar-refractivity contribution in [3.8, 4) is 0 Å². The second-order valence-corrected chi connectivity index (χ2v) is 2.87. The molecule has 0 bridgehead atoms. The van der Waals surface area contributed by atoms with Gasteiger partial charge in [0, 0.05) is 17.3 Å². The molecule has 0 aliphatic carbocycles. The monoisotopic (exact) mass is 161 g/mol. The molecule has 12 heavy (non-hydrogen) atoms. The van der Waals surface area contributed by atoms with Crippen molar-refractivity contribution in [1.29, 1.82) is 0 Å². The molecule has 0 aromatic carbocycles. The van der Waals surface area contributed by atoms with Crippen LogP contribution in [0.1, 0.15) is 18.4 Å². The van der Waals surface area contributed by atoms with Gasteiger partial charge in [-0.15, -0.1) is 0 Å². The first-order valence-corrected chi connectivity index (χ1v) is 4.11. The van der Waals surface area contributed by atoms with Crippen molar-refractivity contribution in [1.82, 2.24) is 15.0 Å². The van der Waals surface area contributed by atoms with Crippen LogP contribution >= 0.6 is 0 Å². The summed E-state index contributed by atoms with van der Waals surface area (Å²) in [5.41, 5.74) is 2.16. The molecule has 0 spiro atoms. The molecule has 0 unspecified atom stereocenters. The molecule has 2 aromatic rings. The number of hydrogen-bond donors (Lipinski definition) is 1. The van der Waals surface area contributed by atoms with Gasteiger partial charge in [0.05, 0.1) is 0 Å². The normalized spacial score (nSPS) is 10.8. The third-order valence-corrected chi connectivity index (χ3v) is 1.93. The van der Waals surface area contributed by atoms with E-state index < -0.39 is 0 Å². The summed E-state index contributed by atoms with van der Waals surface area (Å²) in [6, 6.07) is 2.09. The Kier molecular flexibility index (Phi) is 1.57. The summed E-state index contributed by atoms with van der Waals surface area (Å²) < 4.78 is 0. The molecule has 0 atom stereocenters. The Morgan fingerprint density at radius 2 is 2.33 bits per heavy atom. The lowest BCUT2D eigenvalue weighted by molar-refractivity contribution is 1.05. The number of aromatic nitrogens is 3. The van der Waals surface area contributed by atoms with Gasteiger partial charge in [-0.2, -0.15) is 0 Å². The number of aryl methyl sites for hydroxylation is 2. The number of rotatable bonds is 1. The van der Waals surface area contributed by atoms with Crippen molar-refractivity contribution in [3.63, 3.8) is 0 Å². The number of hydrogen-bond acceptors (Lipinski definition) is 2. The van der Waals surface area contributed by atoms with Gasteiger partial charge in [0.25, 0.3) is 0 Å².